The molecule has 0 amide bonds. The van der Waals surface area contributed by atoms with Crippen molar-refractivity contribution < 1.29 is 9.13 Å². The third-order valence-corrected chi connectivity index (χ3v) is 4.48. The van der Waals surface area contributed by atoms with Gasteiger partial charge in [-0.1, -0.05) is 18.2 Å². The van der Waals surface area contributed by atoms with Crippen LogP contribution < -0.4 is 10.1 Å². The van der Waals surface area contributed by atoms with E-state index in [1.54, 1.807) is 24.4 Å². The minimum atomic E-state index is -0.350. The van der Waals surface area contributed by atoms with Gasteiger partial charge in [-0.3, -0.25) is 0 Å². The number of aromatic amines is 1. The molecular formula is C21H19FN4O. The van der Waals surface area contributed by atoms with Crippen LogP contribution in [0.3, 0.4) is 0 Å². The van der Waals surface area contributed by atoms with Gasteiger partial charge in [-0.15, -0.1) is 0 Å². The fourth-order valence-electron chi connectivity index (χ4n) is 3.05. The quantitative estimate of drug-likeness (QED) is 0.537. The SMILES string of the molecule is COc1cccc(CNc2ccc(Cc3c[nH]c4ncccc34)cn2)c1F. The number of halogens is 1. The lowest BCUT2D eigenvalue weighted by Gasteiger charge is -2.09. The Balaban J connectivity index is 1.43. The highest BCUT2D eigenvalue weighted by molar-refractivity contribution is 5.79. The second-order valence-electron chi connectivity index (χ2n) is 6.23. The van der Waals surface area contributed by atoms with Crippen LogP contribution in [0, 0.1) is 5.82 Å². The fourth-order valence-corrected chi connectivity index (χ4v) is 3.05. The molecule has 3 aromatic heterocycles. The molecule has 0 aliphatic rings. The second kappa shape index (κ2) is 7.45. The molecule has 0 spiro atoms. The van der Waals surface area contributed by atoms with Crippen LogP contribution >= 0.6 is 0 Å². The Kier molecular flexibility index (Phi) is 4.70. The largest absolute Gasteiger partial charge is 0.494 e. The number of methoxy groups -OCH3 is 1. The minimum Gasteiger partial charge on any atom is -0.494 e. The van der Waals surface area contributed by atoms with Crippen LogP contribution in [0.1, 0.15) is 16.7 Å². The van der Waals surface area contributed by atoms with Crippen molar-refractivity contribution in [2.24, 2.45) is 0 Å². The lowest BCUT2D eigenvalue weighted by atomic mass is 10.1. The third-order valence-electron chi connectivity index (χ3n) is 4.48. The number of rotatable bonds is 6. The van der Waals surface area contributed by atoms with Gasteiger partial charge in [0.05, 0.1) is 7.11 Å². The van der Waals surface area contributed by atoms with Gasteiger partial charge in [0.15, 0.2) is 11.6 Å². The van der Waals surface area contributed by atoms with E-state index < -0.39 is 0 Å². The maximum atomic E-state index is 14.2. The van der Waals surface area contributed by atoms with E-state index in [-0.39, 0.29) is 11.6 Å². The smallest absolute Gasteiger partial charge is 0.170 e. The molecular weight excluding hydrogens is 343 g/mol. The average molecular weight is 362 g/mol. The van der Waals surface area contributed by atoms with Gasteiger partial charge >= 0.3 is 0 Å². The molecule has 0 radical (unpaired) electrons. The van der Waals surface area contributed by atoms with Crippen molar-refractivity contribution in [2.75, 3.05) is 12.4 Å². The van der Waals surface area contributed by atoms with E-state index in [2.05, 4.69) is 26.3 Å². The Bertz CT molecular complexity index is 1060. The van der Waals surface area contributed by atoms with Crippen molar-refractivity contribution >= 4 is 16.9 Å². The van der Waals surface area contributed by atoms with E-state index in [1.807, 2.05) is 30.6 Å². The Hall–Kier alpha value is -3.41. The fraction of sp³-hybridized carbons (Fsp3) is 0.143. The predicted molar refractivity (Wildman–Crippen MR) is 103 cm³/mol. The number of pyridine rings is 2. The second-order valence-corrected chi connectivity index (χ2v) is 6.23. The van der Waals surface area contributed by atoms with Crippen molar-refractivity contribution in [3.8, 4) is 5.75 Å². The van der Waals surface area contributed by atoms with Gasteiger partial charge in [0.2, 0.25) is 0 Å². The van der Waals surface area contributed by atoms with Gasteiger partial charge in [0, 0.05) is 42.5 Å². The van der Waals surface area contributed by atoms with Crippen molar-refractivity contribution in [3.05, 3.63) is 83.6 Å². The molecule has 0 fully saturated rings. The van der Waals surface area contributed by atoms with Crippen LogP contribution in [0.5, 0.6) is 5.75 Å². The van der Waals surface area contributed by atoms with Crippen molar-refractivity contribution in [1.82, 2.24) is 15.0 Å². The van der Waals surface area contributed by atoms with Crippen LogP contribution in [0.4, 0.5) is 10.2 Å². The standard InChI is InChI=1S/C21H19FN4O/c1-27-18-6-2-4-15(20(18)22)12-25-19-8-7-14(11-24-19)10-16-13-26-21-17(16)5-3-9-23-21/h2-9,11,13H,10,12H2,1H3,(H,23,26)(H,24,25). The Labute approximate surface area is 156 Å². The van der Waals surface area contributed by atoms with E-state index in [0.29, 0.717) is 17.9 Å². The lowest BCUT2D eigenvalue weighted by molar-refractivity contribution is 0.384. The Morgan fingerprint density at radius 1 is 1.07 bits per heavy atom. The van der Waals surface area contributed by atoms with E-state index in [0.717, 1.165) is 23.0 Å². The molecule has 0 aliphatic heterocycles. The number of hydrogen-bond donors (Lipinski definition) is 2. The van der Waals surface area contributed by atoms with Gasteiger partial charge in [-0.2, -0.15) is 0 Å². The number of hydrogen-bond acceptors (Lipinski definition) is 4. The molecule has 1 aromatic carbocycles. The van der Waals surface area contributed by atoms with Crippen LogP contribution in [0.25, 0.3) is 11.0 Å². The number of fused-ring (bicyclic) bond motifs is 1. The zero-order valence-corrected chi connectivity index (χ0v) is 14.9. The summed E-state index contributed by atoms with van der Waals surface area (Å²) < 4.78 is 19.2. The van der Waals surface area contributed by atoms with Crippen LogP contribution in [0.2, 0.25) is 0 Å². The number of nitrogens with zero attached hydrogens (tertiary/aromatic N) is 2. The van der Waals surface area contributed by atoms with Crippen molar-refractivity contribution in [1.29, 1.82) is 0 Å². The molecule has 0 unspecified atom stereocenters. The highest BCUT2D eigenvalue weighted by Gasteiger charge is 2.09. The lowest BCUT2D eigenvalue weighted by Crippen LogP contribution is -2.04. The molecule has 0 atom stereocenters. The van der Waals surface area contributed by atoms with Gasteiger partial charge in [-0.25, -0.2) is 14.4 Å². The molecule has 0 saturated heterocycles. The number of benzene rings is 1. The normalized spacial score (nSPS) is 10.9. The van der Waals surface area contributed by atoms with E-state index in [1.165, 1.54) is 12.7 Å². The first-order chi connectivity index (χ1) is 13.2. The molecule has 136 valence electrons. The summed E-state index contributed by atoms with van der Waals surface area (Å²) in [6.07, 6.45) is 6.36. The third kappa shape index (κ3) is 3.60. The predicted octanol–water partition coefficient (Wildman–Crippen LogP) is 4.31. The first-order valence-corrected chi connectivity index (χ1v) is 8.66. The summed E-state index contributed by atoms with van der Waals surface area (Å²) in [6, 6.07) is 13.0. The summed E-state index contributed by atoms with van der Waals surface area (Å²) in [7, 11) is 1.46. The van der Waals surface area contributed by atoms with Gasteiger partial charge in [0.25, 0.3) is 0 Å². The number of anilines is 1. The van der Waals surface area contributed by atoms with E-state index in [9.17, 15) is 4.39 Å². The zero-order chi connectivity index (χ0) is 18.6. The zero-order valence-electron chi connectivity index (χ0n) is 14.9. The molecule has 0 saturated carbocycles. The number of ether oxygens (including phenoxy) is 1. The molecule has 6 heteroatoms. The summed E-state index contributed by atoms with van der Waals surface area (Å²) in [5, 5.41) is 4.26. The summed E-state index contributed by atoms with van der Waals surface area (Å²) in [5.74, 6) is 0.587. The molecule has 5 nitrogen and oxygen atoms in total. The Morgan fingerprint density at radius 3 is 2.81 bits per heavy atom. The highest BCUT2D eigenvalue weighted by Crippen LogP contribution is 2.22. The Morgan fingerprint density at radius 2 is 2.00 bits per heavy atom. The first kappa shape index (κ1) is 17.0. The molecule has 0 aliphatic carbocycles. The van der Waals surface area contributed by atoms with Crippen LogP contribution in [-0.2, 0) is 13.0 Å². The molecule has 0 bridgehead atoms. The van der Waals surface area contributed by atoms with Crippen molar-refractivity contribution in [3.63, 3.8) is 0 Å². The molecule has 2 N–H and O–H groups in total. The van der Waals surface area contributed by atoms with Crippen molar-refractivity contribution in [2.45, 2.75) is 13.0 Å². The number of nitrogens with one attached hydrogen (secondary N) is 2. The summed E-state index contributed by atoms with van der Waals surface area (Å²) in [5.41, 5.74) is 3.70. The number of aromatic nitrogens is 3. The maximum Gasteiger partial charge on any atom is 0.170 e. The topological polar surface area (TPSA) is 62.8 Å². The minimum absolute atomic E-state index is 0.242. The van der Waals surface area contributed by atoms with Gasteiger partial charge in [-0.05, 0) is 35.4 Å². The molecule has 27 heavy (non-hydrogen) atoms. The summed E-state index contributed by atoms with van der Waals surface area (Å²) >= 11 is 0. The molecule has 4 aromatic rings. The summed E-state index contributed by atoms with van der Waals surface area (Å²) in [4.78, 5) is 11.9. The van der Waals surface area contributed by atoms with Crippen LogP contribution in [-0.4, -0.2) is 22.1 Å². The maximum absolute atomic E-state index is 14.2. The van der Waals surface area contributed by atoms with Crippen LogP contribution in [0.15, 0.2) is 61.1 Å². The molecule has 3 heterocycles. The highest BCUT2D eigenvalue weighted by atomic mass is 19.1. The monoisotopic (exact) mass is 362 g/mol. The number of H-pyrrole nitrogens is 1. The van der Waals surface area contributed by atoms with E-state index in [4.69, 9.17) is 4.74 Å². The van der Waals surface area contributed by atoms with E-state index >= 15 is 0 Å². The van der Waals surface area contributed by atoms with Gasteiger partial charge in [0.1, 0.15) is 11.5 Å². The van der Waals surface area contributed by atoms with Gasteiger partial charge < -0.3 is 15.0 Å². The average Bonchev–Trinajstić information content (AvgIpc) is 3.11. The summed E-state index contributed by atoms with van der Waals surface area (Å²) in [6.45, 7) is 0.337. The first-order valence-electron chi connectivity index (χ1n) is 8.66. The molecule has 4 rings (SSSR count).